The summed E-state index contributed by atoms with van der Waals surface area (Å²) in [4.78, 5) is 29.2. The maximum Gasteiger partial charge on any atom is 0.311 e. The van der Waals surface area contributed by atoms with Gasteiger partial charge in [0, 0.05) is 13.1 Å². The van der Waals surface area contributed by atoms with Crippen molar-refractivity contribution in [1.82, 2.24) is 9.88 Å². The van der Waals surface area contributed by atoms with E-state index in [1.165, 1.54) is 6.39 Å². The van der Waals surface area contributed by atoms with Gasteiger partial charge in [0.05, 0.1) is 11.1 Å². The Morgan fingerprint density at radius 2 is 2.21 bits per heavy atom. The molecule has 1 amide bonds. The van der Waals surface area contributed by atoms with Crippen LogP contribution in [0.1, 0.15) is 36.5 Å². The van der Waals surface area contributed by atoms with Crippen LogP contribution in [0.15, 0.2) is 10.8 Å². The topological polar surface area (TPSA) is 83.6 Å². The Hall–Kier alpha value is -1.85. The van der Waals surface area contributed by atoms with Gasteiger partial charge < -0.3 is 14.4 Å². The first-order chi connectivity index (χ1) is 8.88. The molecule has 0 radical (unpaired) electrons. The average molecular weight is 266 g/mol. The van der Waals surface area contributed by atoms with E-state index in [1.54, 1.807) is 11.8 Å². The van der Waals surface area contributed by atoms with Crippen molar-refractivity contribution in [3.63, 3.8) is 0 Å². The number of aromatic nitrogens is 1. The van der Waals surface area contributed by atoms with Gasteiger partial charge in [-0.1, -0.05) is 13.8 Å². The highest BCUT2D eigenvalue weighted by Crippen LogP contribution is 2.38. The van der Waals surface area contributed by atoms with E-state index in [2.05, 4.69) is 4.98 Å². The fourth-order valence-corrected chi connectivity index (χ4v) is 2.55. The maximum atomic E-state index is 12.3. The quantitative estimate of drug-likeness (QED) is 0.897. The van der Waals surface area contributed by atoms with Gasteiger partial charge in [0.2, 0.25) is 5.76 Å². The molecule has 1 aromatic rings. The molecule has 1 fully saturated rings. The van der Waals surface area contributed by atoms with E-state index in [0.717, 1.165) is 0 Å². The first-order valence-corrected chi connectivity index (χ1v) is 6.31. The lowest BCUT2D eigenvalue weighted by atomic mass is 9.76. The Bertz CT molecular complexity index is 508. The van der Waals surface area contributed by atoms with Crippen LogP contribution in [0.25, 0.3) is 0 Å². The number of carboxylic acid groups (broad SMARTS) is 1. The highest BCUT2D eigenvalue weighted by atomic mass is 16.4. The van der Waals surface area contributed by atoms with Crippen molar-refractivity contribution in [3.8, 4) is 0 Å². The second kappa shape index (κ2) is 4.68. The third kappa shape index (κ3) is 2.11. The van der Waals surface area contributed by atoms with E-state index in [9.17, 15) is 14.7 Å². The normalized spacial score (nSPS) is 23.1. The van der Waals surface area contributed by atoms with Crippen molar-refractivity contribution in [2.45, 2.75) is 27.2 Å². The lowest BCUT2D eigenvalue weighted by molar-refractivity contribution is -0.150. The van der Waals surface area contributed by atoms with Crippen LogP contribution in [-0.2, 0) is 4.79 Å². The van der Waals surface area contributed by atoms with E-state index in [1.807, 2.05) is 13.8 Å². The molecule has 2 rings (SSSR count). The predicted molar refractivity (Wildman–Crippen MR) is 66.7 cm³/mol. The van der Waals surface area contributed by atoms with E-state index in [0.29, 0.717) is 18.7 Å². The van der Waals surface area contributed by atoms with Gasteiger partial charge in [-0.25, -0.2) is 4.98 Å². The monoisotopic (exact) mass is 266 g/mol. The van der Waals surface area contributed by atoms with Crippen LogP contribution in [0, 0.1) is 18.3 Å². The number of hydrogen-bond acceptors (Lipinski definition) is 4. The van der Waals surface area contributed by atoms with Crippen molar-refractivity contribution in [2.24, 2.45) is 11.3 Å². The molecule has 0 saturated carbocycles. The lowest BCUT2D eigenvalue weighted by Crippen LogP contribution is -2.40. The molecule has 1 saturated heterocycles. The molecule has 1 unspecified atom stereocenters. The molecular weight excluding hydrogens is 248 g/mol. The van der Waals surface area contributed by atoms with Gasteiger partial charge in [-0.3, -0.25) is 9.59 Å². The molecule has 1 aromatic heterocycles. The molecule has 6 heteroatoms. The van der Waals surface area contributed by atoms with Gasteiger partial charge in [0.15, 0.2) is 6.39 Å². The fraction of sp³-hybridized carbons (Fsp3) is 0.615. The van der Waals surface area contributed by atoms with Crippen LogP contribution in [-0.4, -0.2) is 40.0 Å². The standard InChI is InChI=1S/C13H18N2O4/c1-8(2)13(12(17)18)4-5-15(6-13)11(16)10-9(3)14-7-19-10/h7-8H,4-6H2,1-3H3,(H,17,18). The number of amides is 1. The minimum atomic E-state index is -0.858. The first-order valence-electron chi connectivity index (χ1n) is 6.31. The minimum Gasteiger partial charge on any atom is -0.481 e. The number of rotatable bonds is 3. The summed E-state index contributed by atoms with van der Waals surface area (Å²) in [5, 5.41) is 9.45. The molecule has 1 aliphatic heterocycles. The highest BCUT2D eigenvalue weighted by molar-refractivity contribution is 5.93. The number of aliphatic carboxylic acids is 1. The highest BCUT2D eigenvalue weighted by Gasteiger charge is 2.49. The molecule has 104 valence electrons. The van der Waals surface area contributed by atoms with Crippen LogP contribution in [0.5, 0.6) is 0 Å². The Morgan fingerprint density at radius 3 is 2.63 bits per heavy atom. The number of hydrogen-bond donors (Lipinski definition) is 1. The van der Waals surface area contributed by atoms with Gasteiger partial charge in [-0.05, 0) is 19.3 Å². The van der Waals surface area contributed by atoms with Gasteiger partial charge in [0.25, 0.3) is 5.91 Å². The fourth-order valence-electron chi connectivity index (χ4n) is 2.55. The lowest BCUT2D eigenvalue weighted by Gasteiger charge is -2.28. The Labute approximate surface area is 111 Å². The third-order valence-corrected chi connectivity index (χ3v) is 4.06. The van der Waals surface area contributed by atoms with Gasteiger partial charge in [0.1, 0.15) is 0 Å². The summed E-state index contributed by atoms with van der Waals surface area (Å²) in [6.45, 7) is 6.10. The summed E-state index contributed by atoms with van der Waals surface area (Å²) in [5.74, 6) is -0.950. The Kier molecular flexibility index (Phi) is 3.34. The summed E-state index contributed by atoms with van der Waals surface area (Å²) >= 11 is 0. The van der Waals surface area contributed by atoms with Crippen molar-refractivity contribution in [2.75, 3.05) is 13.1 Å². The number of oxazole rings is 1. The Balaban J connectivity index is 2.20. The van der Waals surface area contributed by atoms with Crippen molar-refractivity contribution in [1.29, 1.82) is 0 Å². The molecule has 1 atom stereocenters. The molecule has 0 bridgehead atoms. The van der Waals surface area contributed by atoms with Gasteiger partial charge >= 0.3 is 5.97 Å². The third-order valence-electron chi connectivity index (χ3n) is 4.06. The molecular formula is C13H18N2O4. The van der Waals surface area contributed by atoms with E-state index in [-0.39, 0.29) is 24.1 Å². The molecule has 0 aromatic carbocycles. The molecule has 6 nitrogen and oxygen atoms in total. The summed E-state index contributed by atoms with van der Waals surface area (Å²) in [6, 6.07) is 0. The predicted octanol–water partition coefficient (Wildman–Crippen LogP) is 1.56. The number of aryl methyl sites for hydroxylation is 1. The largest absolute Gasteiger partial charge is 0.481 e. The van der Waals surface area contributed by atoms with Crippen LogP contribution in [0.4, 0.5) is 0 Å². The summed E-state index contributed by atoms with van der Waals surface area (Å²) in [6.07, 6.45) is 1.70. The van der Waals surface area contributed by atoms with Crippen molar-refractivity contribution < 1.29 is 19.1 Å². The Morgan fingerprint density at radius 1 is 1.53 bits per heavy atom. The summed E-state index contributed by atoms with van der Waals surface area (Å²) in [5.41, 5.74) is -0.328. The average Bonchev–Trinajstić information content (AvgIpc) is 2.94. The number of carboxylic acids is 1. The van der Waals surface area contributed by atoms with E-state index < -0.39 is 11.4 Å². The maximum absolute atomic E-state index is 12.3. The smallest absolute Gasteiger partial charge is 0.311 e. The molecule has 0 aliphatic carbocycles. The minimum absolute atomic E-state index is 0.0291. The molecule has 1 aliphatic rings. The zero-order valence-corrected chi connectivity index (χ0v) is 11.3. The van der Waals surface area contributed by atoms with Crippen LogP contribution < -0.4 is 0 Å². The first kappa shape index (κ1) is 13.6. The molecule has 0 spiro atoms. The molecule has 1 N–H and O–H groups in total. The number of likely N-dealkylation sites (tertiary alicyclic amines) is 1. The second-order valence-corrected chi connectivity index (χ2v) is 5.36. The molecule has 19 heavy (non-hydrogen) atoms. The van der Waals surface area contributed by atoms with Gasteiger partial charge in [-0.2, -0.15) is 0 Å². The zero-order chi connectivity index (χ0) is 14.2. The number of carbonyl (C=O) groups is 2. The SMILES string of the molecule is Cc1ncoc1C(=O)N1CCC(C(=O)O)(C(C)C)C1. The number of carbonyl (C=O) groups excluding carboxylic acids is 1. The van der Waals surface area contributed by atoms with E-state index in [4.69, 9.17) is 4.42 Å². The van der Waals surface area contributed by atoms with Crippen LogP contribution in [0.2, 0.25) is 0 Å². The van der Waals surface area contributed by atoms with Crippen molar-refractivity contribution in [3.05, 3.63) is 17.8 Å². The zero-order valence-electron chi connectivity index (χ0n) is 11.3. The van der Waals surface area contributed by atoms with Crippen molar-refractivity contribution >= 4 is 11.9 Å². The number of nitrogens with zero attached hydrogens (tertiary/aromatic N) is 2. The van der Waals surface area contributed by atoms with Gasteiger partial charge in [-0.15, -0.1) is 0 Å². The second-order valence-electron chi connectivity index (χ2n) is 5.36. The summed E-state index contributed by atoms with van der Waals surface area (Å²) < 4.78 is 5.08. The van der Waals surface area contributed by atoms with Crippen LogP contribution in [0.3, 0.4) is 0 Å². The van der Waals surface area contributed by atoms with E-state index >= 15 is 0 Å². The molecule has 2 heterocycles. The summed E-state index contributed by atoms with van der Waals surface area (Å²) in [7, 11) is 0. The van der Waals surface area contributed by atoms with Crippen LogP contribution >= 0.6 is 0 Å².